The van der Waals surface area contributed by atoms with E-state index in [2.05, 4.69) is 0 Å². The molecule has 2 aromatic rings. The zero-order valence-electron chi connectivity index (χ0n) is 11.5. The van der Waals surface area contributed by atoms with Gasteiger partial charge in [0.15, 0.2) is 0 Å². The summed E-state index contributed by atoms with van der Waals surface area (Å²) in [5.41, 5.74) is 2.00. The number of rotatable bonds is 2. The molecule has 2 rings (SSSR count). The molecule has 2 N–H and O–H groups in total. The number of alkyl halides is 6. The maximum absolute atomic E-state index is 13.7. The van der Waals surface area contributed by atoms with Gasteiger partial charge in [-0.2, -0.15) is 26.3 Å². The summed E-state index contributed by atoms with van der Waals surface area (Å²) in [4.78, 5) is -1.39. The van der Waals surface area contributed by atoms with Gasteiger partial charge in [0.2, 0.25) is 0 Å². The third-order valence-corrected chi connectivity index (χ3v) is 4.33. The Balaban J connectivity index is 2.62. The van der Waals surface area contributed by atoms with Gasteiger partial charge in [0.05, 0.1) is 26.8 Å². The summed E-state index contributed by atoms with van der Waals surface area (Å²) in [5.74, 6) is -1.10. The van der Waals surface area contributed by atoms with E-state index in [0.29, 0.717) is 12.1 Å². The quantitative estimate of drug-likeness (QED) is 0.619. The Bertz CT molecular complexity index is 766. The second-order valence-electron chi connectivity index (χ2n) is 4.70. The molecular weight excluding hydrogens is 363 g/mol. The van der Waals surface area contributed by atoms with Crippen LogP contribution in [0.25, 0.3) is 0 Å². The van der Waals surface area contributed by atoms with Gasteiger partial charge in [-0.3, -0.25) is 0 Å². The molecule has 1 atom stereocenters. The summed E-state index contributed by atoms with van der Waals surface area (Å²) in [5, 5.41) is 0. The lowest BCUT2D eigenvalue weighted by molar-refractivity contribution is -0.143. The van der Waals surface area contributed by atoms with Crippen LogP contribution < -0.4 is 5.73 Å². The zero-order valence-corrected chi connectivity index (χ0v) is 12.3. The Morgan fingerprint density at radius 2 is 1.33 bits per heavy atom. The molecule has 2 aromatic carbocycles. The fraction of sp³-hybridized carbons (Fsp3) is 0.143. The monoisotopic (exact) mass is 371 g/mol. The maximum Gasteiger partial charge on any atom is 0.416 e. The third kappa shape index (κ3) is 3.86. The van der Waals surface area contributed by atoms with Crippen molar-refractivity contribution < 1.29 is 34.9 Å². The molecule has 0 heterocycles. The Labute approximate surface area is 133 Å². The predicted octanol–water partition coefficient (Wildman–Crippen LogP) is 4.61. The summed E-state index contributed by atoms with van der Waals surface area (Å²) >= 11 is 0. The molecule has 130 valence electrons. The Kier molecular flexibility index (Phi) is 4.62. The number of nitrogen functional groups attached to an aromatic ring is 1. The second-order valence-corrected chi connectivity index (χ2v) is 6.15. The molecule has 0 aliphatic rings. The van der Waals surface area contributed by atoms with Crippen molar-refractivity contribution in [3.8, 4) is 0 Å². The van der Waals surface area contributed by atoms with E-state index >= 15 is 0 Å². The summed E-state index contributed by atoms with van der Waals surface area (Å²) in [6.07, 6.45) is -10.2. The van der Waals surface area contributed by atoms with Gasteiger partial charge in [-0.15, -0.1) is 0 Å². The molecule has 0 saturated carbocycles. The lowest BCUT2D eigenvalue weighted by atomic mass is 10.1. The molecule has 0 aromatic heterocycles. The average Bonchev–Trinajstić information content (AvgIpc) is 2.44. The molecule has 0 fully saturated rings. The standard InChI is InChI=1S/C14H8F7NOS/c15-11-6-9(22)1-2-12(11)24(23)10-4-7(13(16,17)18)3-8(5-10)14(19,20)21/h1-6H,22H2. The first kappa shape index (κ1) is 18.2. The van der Waals surface area contributed by atoms with Gasteiger partial charge >= 0.3 is 12.4 Å². The van der Waals surface area contributed by atoms with Crippen LogP contribution >= 0.6 is 0 Å². The number of halogens is 7. The molecular formula is C14H8F7NOS. The third-order valence-electron chi connectivity index (χ3n) is 2.93. The second kappa shape index (κ2) is 6.08. The van der Waals surface area contributed by atoms with Crippen molar-refractivity contribution in [1.29, 1.82) is 0 Å². The van der Waals surface area contributed by atoms with Gasteiger partial charge in [0.25, 0.3) is 0 Å². The summed E-state index contributed by atoms with van der Waals surface area (Å²) < 4.78 is 103. The molecule has 0 aliphatic heterocycles. The lowest BCUT2D eigenvalue weighted by Gasteiger charge is -2.14. The lowest BCUT2D eigenvalue weighted by Crippen LogP contribution is -2.12. The van der Waals surface area contributed by atoms with Crippen molar-refractivity contribution in [1.82, 2.24) is 0 Å². The molecule has 0 radical (unpaired) electrons. The minimum Gasteiger partial charge on any atom is -0.399 e. The molecule has 24 heavy (non-hydrogen) atoms. The maximum atomic E-state index is 13.7. The highest BCUT2D eigenvalue weighted by Crippen LogP contribution is 2.37. The highest BCUT2D eigenvalue weighted by molar-refractivity contribution is 7.85. The van der Waals surface area contributed by atoms with Crippen LogP contribution in [0.5, 0.6) is 0 Å². The molecule has 0 bridgehead atoms. The van der Waals surface area contributed by atoms with Crippen LogP contribution in [0.1, 0.15) is 11.1 Å². The summed E-state index contributed by atoms with van der Waals surface area (Å²) in [7, 11) is -2.59. The van der Waals surface area contributed by atoms with E-state index in [-0.39, 0.29) is 11.8 Å². The van der Waals surface area contributed by atoms with E-state index < -0.39 is 49.9 Å². The Morgan fingerprint density at radius 1 is 0.833 bits per heavy atom. The number of anilines is 1. The van der Waals surface area contributed by atoms with Crippen LogP contribution in [0, 0.1) is 5.82 Å². The molecule has 0 aliphatic carbocycles. The van der Waals surface area contributed by atoms with Crippen LogP contribution in [-0.2, 0) is 23.2 Å². The van der Waals surface area contributed by atoms with Gasteiger partial charge in [0.1, 0.15) is 5.82 Å². The van der Waals surface area contributed by atoms with Crippen LogP contribution in [0.3, 0.4) is 0 Å². The SMILES string of the molecule is Nc1ccc(S(=O)c2cc(C(F)(F)F)cc(C(F)(F)F)c2)c(F)c1. The van der Waals surface area contributed by atoms with Gasteiger partial charge in [0, 0.05) is 10.6 Å². The van der Waals surface area contributed by atoms with Gasteiger partial charge in [-0.25, -0.2) is 8.60 Å². The van der Waals surface area contributed by atoms with Crippen LogP contribution in [0.4, 0.5) is 36.4 Å². The fourth-order valence-corrected chi connectivity index (χ4v) is 2.98. The summed E-state index contributed by atoms with van der Waals surface area (Å²) in [6.45, 7) is 0. The minimum absolute atomic E-state index is 0.0340. The van der Waals surface area contributed by atoms with E-state index in [9.17, 15) is 34.9 Å². The van der Waals surface area contributed by atoms with Crippen molar-refractivity contribution in [3.63, 3.8) is 0 Å². The minimum atomic E-state index is -5.08. The average molecular weight is 371 g/mol. The Morgan fingerprint density at radius 3 is 1.75 bits per heavy atom. The highest BCUT2D eigenvalue weighted by Gasteiger charge is 2.37. The van der Waals surface area contributed by atoms with Gasteiger partial charge in [-0.1, -0.05) is 0 Å². The fourth-order valence-electron chi connectivity index (χ4n) is 1.83. The van der Waals surface area contributed by atoms with E-state index in [0.717, 1.165) is 18.2 Å². The van der Waals surface area contributed by atoms with E-state index in [1.54, 1.807) is 0 Å². The summed E-state index contributed by atoms with van der Waals surface area (Å²) in [6, 6.07) is 3.33. The molecule has 0 saturated heterocycles. The van der Waals surface area contributed by atoms with Crippen molar-refractivity contribution in [2.45, 2.75) is 22.1 Å². The highest BCUT2D eigenvalue weighted by atomic mass is 32.2. The number of hydrogen-bond donors (Lipinski definition) is 1. The van der Waals surface area contributed by atoms with Crippen molar-refractivity contribution in [2.24, 2.45) is 0 Å². The zero-order chi connectivity index (χ0) is 18.3. The Hall–Kier alpha value is -2.10. The molecule has 10 heteroatoms. The predicted molar refractivity (Wildman–Crippen MR) is 71.9 cm³/mol. The molecule has 0 spiro atoms. The smallest absolute Gasteiger partial charge is 0.399 e. The first-order valence-corrected chi connectivity index (χ1v) is 7.31. The van der Waals surface area contributed by atoms with Gasteiger partial charge < -0.3 is 5.73 Å². The number of hydrogen-bond acceptors (Lipinski definition) is 2. The van der Waals surface area contributed by atoms with Crippen molar-refractivity contribution in [3.05, 3.63) is 53.3 Å². The first-order valence-electron chi connectivity index (χ1n) is 6.16. The van der Waals surface area contributed by atoms with Crippen LogP contribution in [0.15, 0.2) is 46.2 Å². The van der Waals surface area contributed by atoms with E-state index in [1.807, 2.05) is 0 Å². The largest absolute Gasteiger partial charge is 0.416 e. The van der Waals surface area contributed by atoms with Crippen molar-refractivity contribution in [2.75, 3.05) is 5.73 Å². The molecule has 2 nitrogen and oxygen atoms in total. The normalized spacial score (nSPS) is 13.8. The van der Waals surface area contributed by atoms with Crippen LogP contribution in [-0.4, -0.2) is 4.21 Å². The van der Waals surface area contributed by atoms with Crippen molar-refractivity contribution >= 4 is 16.5 Å². The number of benzene rings is 2. The first-order chi connectivity index (χ1) is 10.9. The number of nitrogens with two attached hydrogens (primary N) is 1. The molecule has 0 amide bonds. The van der Waals surface area contributed by atoms with E-state index in [1.165, 1.54) is 0 Å². The van der Waals surface area contributed by atoms with E-state index in [4.69, 9.17) is 5.73 Å². The van der Waals surface area contributed by atoms with Gasteiger partial charge in [-0.05, 0) is 36.4 Å². The molecule has 1 unspecified atom stereocenters. The van der Waals surface area contributed by atoms with Crippen LogP contribution in [0.2, 0.25) is 0 Å². The topological polar surface area (TPSA) is 43.1 Å².